The van der Waals surface area contributed by atoms with Crippen molar-refractivity contribution >= 4 is 43.5 Å². The summed E-state index contributed by atoms with van der Waals surface area (Å²) < 4.78 is 20.8. The molecule has 2 rings (SSSR count). The molecule has 0 saturated heterocycles. The maximum atomic E-state index is 13.6. The zero-order chi connectivity index (χ0) is 16.8. The first-order valence-electron chi connectivity index (χ1n) is 7.09. The number of carbonyl (C=O) groups excluding carboxylic acids is 1. The largest absolute Gasteiger partial charge is 0.492 e. The van der Waals surface area contributed by atoms with E-state index in [1.807, 2.05) is 25.1 Å². The smallest absolute Gasteiger partial charge is 0.224 e. The monoisotopic (exact) mass is 443 g/mol. The summed E-state index contributed by atoms with van der Waals surface area (Å²) in [7, 11) is 0. The van der Waals surface area contributed by atoms with Crippen LogP contribution in [-0.2, 0) is 4.79 Å². The molecule has 0 unspecified atom stereocenters. The van der Waals surface area contributed by atoms with Gasteiger partial charge in [-0.25, -0.2) is 4.39 Å². The summed E-state index contributed by atoms with van der Waals surface area (Å²) in [5.74, 6) is 0.0420. The van der Waals surface area contributed by atoms with Crippen molar-refractivity contribution in [2.75, 3.05) is 11.9 Å². The number of ether oxygens (including phenoxy) is 1. The van der Waals surface area contributed by atoms with Crippen LogP contribution in [0.2, 0.25) is 0 Å². The Morgan fingerprint density at radius 2 is 2.00 bits per heavy atom. The lowest BCUT2D eigenvalue weighted by Gasteiger charge is -2.09. The van der Waals surface area contributed by atoms with E-state index in [2.05, 4.69) is 37.2 Å². The van der Waals surface area contributed by atoms with Gasteiger partial charge in [0.05, 0.1) is 16.8 Å². The predicted octanol–water partition coefficient (Wildman–Crippen LogP) is 5.46. The molecule has 0 bridgehead atoms. The van der Waals surface area contributed by atoms with Crippen LogP contribution < -0.4 is 10.1 Å². The fourth-order valence-corrected chi connectivity index (χ4v) is 2.88. The fourth-order valence-electron chi connectivity index (χ4n) is 1.94. The fraction of sp³-hybridized carbons (Fsp3) is 0.235. The molecular weight excluding hydrogens is 429 g/mol. The van der Waals surface area contributed by atoms with Crippen molar-refractivity contribution in [2.24, 2.45) is 0 Å². The van der Waals surface area contributed by atoms with E-state index in [4.69, 9.17) is 4.74 Å². The lowest BCUT2D eigenvalue weighted by atomic mass is 10.2. The Balaban J connectivity index is 1.76. The van der Waals surface area contributed by atoms with Crippen LogP contribution in [0.1, 0.15) is 18.4 Å². The Bertz CT molecular complexity index is 707. The number of amides is 1. The van der Waals surface area contributed by atoms with Gasteiger partial charge >= 0.3 is 0 Å². The van der Waals surface area contributed by atoms with Gasteiger partial charge in [0.15, 0.2) is 0 Å². The maximum Gasteiger partial charge on any atom is 0.224 e. The number of aryl methyl sites for hydroxylation is 1. The van der Waals surface area contributed by atoms with E-state index in [-0.39, 0.29) is 18.0 Å². The molecule has 0 aliphatic rings. The van der Waals surface area contributed by atoms with Gasteiger partial charge in [-0.05, 0) is 65.2 Å². The molecule has 0 aliphatic carbocycles. The topological polar surface area (TPSA) is 38.3 Å². The van der Waals surface area contributed by atoms with Crippen molar-refractivity contribution in [3.05, 3.63) is 56.7 Å². The molecule has 0 atom stereocenters. The molecular formula is C17H16Br2FNO2. The Morgan fingerprint density at radius 3 is 2.70 bits per heavy atom. The number of hydrogen-bond donors (Lipinski definition) is 1. The van der Waals surface area contributed by atoms with Crippen molar-refractivity contribution in [2.45, 2.75) is 19.8 Å². The number of carbonyl (C=O) groups is 1. The standard InChI is InChI=1S/C17H16Br2FNO2/c1-11-4-7-16(13(19)9-11)23-8-2-3-17(22)21-15-6-5-12(18)10-14(15)20/h4-7,9-10H,2-3,8H2,1H3,(H,21,22). The highest BCUT2D eigenvalue weighted by molar-refractivity contribution is 9.10. The van der Waals surface area contributed by atoms with Crippen LogP contribution in [-0.4, -0.2) is 12.5 Å². The molecule has 23 heavy (non-hydrogen) atoms. The molecule has 0 saturated carbocycles. The second-order valence-electron chi connectivity index (χ2n) is 5.06. The van der Waals surface area contributed by atoms with Gasteiger partial charge in [0.1, 0.15) is 11.6 Å². The number of anilines is 1. The normalized spacial score (nSPS) is 10.4. The van der Waals surface area contributed by atoms with Crippen molar-refractivity contribution in [1.82, 2.24) is 0 Å². The lowest BCUT2D eigenvalue weighted by molar-refractivity contribution is -0.116. The minimum absolute atomic E-state index is 0.181. The number of rotatable bonds is 6. The first-order chi connectivity index (χ1) is 11.0. The third-order valence-electron chi connectivity index (χ3n) is 3.10. The highest BCUT2D eigenvalue weighted by Gasteiger charge is 2.08. The van der Waals surface area contributed by atoms with E-state index in [1.165, 1.54) is 12.1 Å². The number of hydrogen-bond acceptors (Lipinski definition) is 2. The molecule has 2 aromatic rings. The van der Waals surface area contributed by atoms with Crippen LogP contribution in [0, 0.1) is 12.7 Å². The molecule has 3 nitrogen and oxygen atoms in total. The second-order valence-corrected chi connectivity index (χ2v) is 6.83. The summed E-state index contributed by atoms with van der Waals surface area (Å²) in [5, 5.41) is 2.56. The number of halogens is 3. The minimum atomic E-state index is -0.465. The highest BCUT2D eigenvalue weighted by Crippen LogP contribution is 2.26. The van der Waals surface area contributed by atoms with E-state index < -0.39 is 5.82 Å². The third-order valence-corrected chi connectivity index (χ3v) is 4.21. The van der Waals surface area contributed by atoms with Gasteiger partial charge in [-0.2, -0.15) is 0 Å². The van der Waals surface area contributed by atoms with Gasteiger partial charge in [-0.15, -0.1) is 0 Å². The molecule has 0 spiro atoms. The van der Waals surface area contributed by atoms with Crippen LogP contribution in [0.3, 0.4) is 0 Å². The van der Waals surface area contributed by atoms with Crippen molar-refractivity contribution < 1.29 is 13.9 Å². The minimum Gasteiger partial charge on any atom is -0.492 e. The lowest BCUT2D eigenvalue weighted by Crippen LogP contribution is -2.13. The average molecular weight is 445 g/mol. The number of benzene rings is 2. The Morgan fingerprint density at radius 1 is 1.22 bits per heavy atom. The zero-order valence-corrected chi connectivity index (χ0v) is 15.7. The van der Waals surface area contributed by atoms with Gasteiger partial charge in [-0.3, -0.25) is 4.79 Å². The van der Waals surface area contributed by atoms with E-state index in [1.54, 1.807) is 6.07 Å². The third kappa shape index (κ3) is 5.62. The Hall–Kier alpha value is -1.40. The Kier molecular flexibility index (Phi) is 6.59. The molecule has 6 heteroatoms. The zero-order valence-electron chi connectivity index (χ0n) is 12.5. The predicted molar refractivity (Wildman–Crippen MR) is 96.3 cm³/mol. The Labute approximate surface area is 151 Å². The molecule has 2 aromatic carbocycles. The highest BCUT2D eigenvalue weighted by atomic mass is 79.9. The van der Waals surface area contributed by atoms with E-state index in [0.29, 0.717) is 17.5 Å². The molecule has 0 radical (unpaired) electrons. The SMILES string of the molecule is Cc1ccc(OCCCC(=O)Nc2ccc(Br)cc2F)c(Br)c1. The van der Waals surface area contributed by atoms with Crippen LogP contribution in [0.15, 0.2) is 45.3 Å². The summed E-state index contributed by atoms with van der Waals surface area (Å²) in [5.41, 5.74) is 1.32. The maximum absolute atomic E-state index is 13.6. The summed E-state index contributed by atoms with van der Waals surface area (Å²) in [6, 6.07) is 10.3. The summed E-state index contributed by atoms with van der Waals surface area (Å²) in [6.07, 6.45) is 0.809. The summed E-state index contributed by atoms with van der Waals surface area (Å²) in [6.45, 7) is 2.41. The van der Waals surface area contributed by atoms with Crippen LogP contribution in [0.5, 0.6) is 5.75 Å². The molecule has 0 aromatic heterocycles. The van der Waals surface area contributed by atoms with Gasteiger partial charge in [0, 0.05) is 10.9 Å². The van der Waals surface area contributed by atoms with Crippen LogP contribution in [0.4, 0.5) is 10.1 Å². The van der Waals surface area contributed by atoms with E-state index in [9.17, 15) is 9.18 Å². The van der Waals surface area contributed by atoms with Crippen LogP contribution >= 0.6 is 31.9 Å². The van der Waals surface area contributed by atoms with Crippen molar-refractivity contribution in [3.63, 3.8) is 0 Å². The molecule has 1 N–H and O–H groups in total. The molecule has 0 heterocycles. The number of nitrogens with one attached hydrogen (secondary N) is 1. The van der Waals surface area contributed by atoms with Gasteiger partial charge in [0.2, 0.25) is 5.91 Å². The van der Waals surface area contributed by atoms with E-state index in [0.717, 1.165) is 15.8 Å². The van der Waals surface area contributed by atoms with Gasteiger partial charge in [0.25, 0.3) is 0 Å². The molecule has 0 aliphatic heterocycles. The quantitative estimate of drug-likeness (QED) is 0.601. The van der Waals surface area contributed by atoms with Crippen molar-refractivity contribution in [1.29, 1.82) is 0 Å². The summed E-state index contributed by atoms with van der Waals surface area (Å²) in [4.78, 5) is 11.8. The average Bonchev–Trinajstić information content (AvgIpc) is 2.48. The second kappa shape index (κ2) is 8.45. The molecule has 122 valence electrons. The van der Waals surface area contributed by atoms with Gasteiger partial charge in [-0.1, -0.05) is 22.0 Å². The first-order valence-corrected chi connectivity index (χ1v) is 8.68. The van der Waals surface area contributed by atoms with Crippen LogP contribution in [0.25, 0.3) is 0 Å². The molecule has 0 fully saturated rings. The van der Waals surface area contributed by atoms with E-state index >= 15 is 0 Å². The van der Waals surface area contributed by atoms with Crippen molar-refractivity contribution in [3.8, 4) is 5.75 Å². The summed E-state index contributed by atoms with van der Waals surface area (Å²) >= 11 is 6.61. The van der Waals surface area contributed by atoms with Gasteiger partial charge < -0.3 is 10.1 Å². The first kappa shape index (κ1) is 17.9. The molecule has 1 amide bonds.